The number of hydrogen-bond acceptors (Lipinski definition) is 3. The molecule has 3 atom stereocenters. The average molecular weight is 490 g/mol. The number of amides is 1. The fraction of sp³-hybridized carbons (Fsp3) is 0.182. The number of aliphatic hydroxyl groups is 1. The van der Waals surface area contributed by atoms with Gasteiger partial charge in [0, 0.05) is 5.69 Å². The van der Waals surface area contributed by atoms with Crippen LogP contribution in [0.5, 0.6) is 5.75 Å². The minimum atomic E-state index is -0.769. The summed E-state index contributed by atoms with van der Waals surface area (Å²) in [5, 5.41) is 10.7. The zero-order valence-corrected chi connectivity index (χ0v) is 21.1. The van der Waals surface area contributed by atoms with E-state index in [1.165, 1.54) is 0 Å². The molecule has 4 nitrogen and oxygen atoms in total. The highest BCUT2D eigenvalue weighted by Crippen LogP contribution is 2.45. The van der Waals surface area contributed by atoms with Crippen LogP contribution in [0.25, 0.3) is 0 Å². The predicted octanol–water partition coefficient (Wildman–Crippen LogP) is 6.88. The molecule has 0 aliphatic carbocycles. The summed E-state index contributed by atoms with van der Waals surface area (Å²) in [5.41, 5.74) is 5.99. The van der Waals surface area contributed by atoms with Gasteiger partial charge in [-0.1, -0.05) is 103 Å². The van der Waals surface area contributed by atoms with Gasteiger partial charge in [0.2, 0.25) is 5.91 Å². The first-order valence-electron chi connectivity index (χ1n) is 12.6. The molecule has 4 aromatic carbocycles. The van der Waals surface area contributed by atoms with Gasteiger partial charge in [-0.25, -0.2) is 0 Å². The summed E-state index contributed by atoms with van der Waals surface area (Å²) in [6, 6.07) is 33.6. The molecule has 4 aromatic rings. The zero-order valence-electron chi connectivity index (χ0n) is 21.1. The molecule has 0 saturated carbocycles. The third-order valence-electron chi connectivity index (χ3n) is 6.87. The summed E-state index contributed by atoms with van der Waals surface area (Å²) in [6.07, 6.45) is 2.82. The predicted molar refractivity (Wildman–Crippen MR) is 147 cm³/mol. The first-order chi connectivity index (χ1) is 18.0. The van der Waals surface area contributed by atoms with Crippen molar-refractivity contribution in [3.63, 3.8) is 0 Å². The van der Waals surface area contributed by atoms with Crippen molar-refractivity contribution >= 4 is 11.6 Å². The van der Waals surface area contributed by atoms with Gasteiger partial charge in [0.05, 0.1) is 18.1 Å². The number of nitrogens with zero attached hydrogens (tertiary/aromatic N) is 1. The maximum absolute atomic E-state index is 13.4. The van der Waals surface area contributed by atoms with Crippen molar-refractivity contribution in [2.24, 2.45) is 5.92 Å². The van der Waals surface area contributed by atoms with Gasteiger partial charge in [-0.05, 0) is 54.3 Å². The van der Waals surface area contributed by atoms with E-state index >= 15 is 0 Å². The van der Waals surface area contributed by atoms with Crippen LogP contribution in [0, 0.1) is 19.8 Å². The molecule has 1 aliphatic rings. The summed E-state index contributed by atoms with van der Waals surface area (Å²) in [5.74, 6) is 0.439. The number of hydrogen-bond donors (Lipinski definition) is 1. The Balaban J connectivity index is 1.39. The van der Waals surface area contributed by atoms with E-state index in [2.05, 4.69) is 0 Å². The van der Waals surface area contributed by atoms with Crippen LogP contribution in [0.15, 0.2) is 115 Å². The van der Waals surface area contributed by atoms with E-state index < -0.39 is 6.10 Å². The van der Waals surface area contributed by atoms with E-state index in [0.717, 1.165) is 39.3 Å². The molecule has 5 rings (SSSR count). The normalized spacial score (nSPS) is 18.0. The third kappa shape index (κ3) is 5.35. The van der Waals surface area contributed by atoms with Gasteiger partial charge in [-0.2, -0.15) is 0 Å². The van der Waals surface area contributed by atoms with E-state index in [1.807, 2.05) is 128 Å². The maximum atomic E-state index is 13.4. The van der Waals surface area contributed by atoms with Gasteiger partial charge in [-0.3, -0.25) is 4.79 Å². The van der Waals surface area contributed by atoms with Crippen molar-refractivity contribution in [2.45, 2.75) is 32.6 Å². The van der Waals surface area contributed by atoms with E-state index in [-0.39, 0.29) is 17.9 Å². The van der Waals surface area contributed by atoms with Crippen LogP contribution in [0.3, 0.4) is 0 Å². The number of carbonyl (C=O) groups is 1. The van der Waals surface area contributed by atoms with Crippen LogP contribution in [-0.4, -0.2) is 11.0 Å². The summed E-state index contributed by atoms with van der Waals surface area (Å²) in [6.45, 7) is 4.52. The molecule has 37 heavy (non-hydrogen) atoms. The molecule has 1 fully saturated rings. The Bertz CT molecular complexity index is 1390. The Morgan fingerprint density at radius 3 is 2.35 bits per heavy atom. The van der Waals surface area contributed by atoms with E-state index in [1.54, 1.807) is 6.08 Å². The number of aliphatic hydroxyl groups excluding tert-OH is 1. The van der Waals surface area contributed by atoms with Crippen LogP contribution in [0.1, 0.15) is 40.0 Å². The second-order valence-electron chi connectivity index (χ2n) is 9.55. The SMILES string of the molecule is Cc1cccc(C(O)/C=C/[C@H]2C(=O)N(c3ccccc3C)[C@@H]2c2ccc(OCc3ccccc3)cc2)c1. The second-order valence-corrected chi connectivity index (χ2v) is 9.55. The lowest BCUT2D eigenvalue weighted by Gasteiger charge is -2.47. The summed E-state index contributed by atoms with van der Waals surface area (Å²) in [7, 11) is 0. The van der Waals surface area contributed by atoms with Crippen molar-refractivity contribution < 1.29 is 14.6 Å². The molecule has 1 heterocycles. The largest absolute Gasteiger partial charge is 0.489 e. The standard InChI is InChI=1S/C33H31NO3/c1-23-9-8-13-27(21-23)31(35)20-19-29-32(34(33(29)36)30-14-7-6-10-24(30)2)26-15-17-28(18-16-26)37-22-25-11-4-3-5-12-25/h3-21,29,31-32,35H,22H2,1-2H3/b20-19+/t29-,31?,32-/m1/s1. The number of carbonyl (C=O) groups excluding carboxylic acids is 1. The number of β-lactam (4-membered cyclic amide) rings is 1. The zero-order chi connectivity index (χ0) is 25.8. The molecular formula is C33H31NO3. The monoisotopic (exact) mass is 489 g/mol. The molecule has 0 aromatic heterocycles. The van der Waals surface area contributed by atoms with Crippen LogP contribution >= 0.6 is 0 Å². The Kier molecular flexibility index (Phi) is 7.20. The number of aryl methyl sites for hydroxylation is 2. The van der Waals surface area contributed by atoms with Crippen LogP contribution in [-0.2, 0) is 11.4 Å². The number of ether oxygens (including phenoxy) is 1. The molecule has 186 valence electrons. The van der Waals surface area contributed by atoms with Gasteiger partial charge in [0.15, 0.2) is 0 Å². The van der Waals surface area contributed by atoms with Gasteiger partial charge < -0.3 is 14.7 Å². The second kappa shape index (κ2) is 10.9. The van der Waals surface area contributed by atoms with Gasteiger partial charge in [0.25, 0.3) is 0 Å². The first-order valence-corrected chi connectivity index (χ1v) is 12.6. The molecular weight excluding hydrogens is 458 g/mol. The molecule has 0 radical (unpaired) electrons. The molecule has 1 amide bonds. The minimum absolute atomic E-state index is 0.0244. The van der Waals surface area contributed by atoms with Crippen molar-refractivity contribution in [2.75, 3.05) is 4.90 Å². The molecule has 1 N–H and O–H groups in total. The van der Waals surface area contributed by atoms with E-state index in [0.29, 0.717) is 6.61 Å². The Morgan fingerprint density at radius 1 is 0.892 bits per heavy atom. The molecule has 0 spiro atoms. The topological polar surface area (TPSA) is 49.8 Å². The highest BCUT2D eigenvalue weighted by atomic mass is 16.5. The van der Waals surface area contributed by atoms with Crippen molar-refractivity contribution in [3.8, 4) is 5.75 Å². The third-order valence-corrected chi connectivity index (χ3v) is 6.87. The minimum Gasteiger partial charge on any atom is -0.489 e. The average Bonchev–Trinajstić information content (AvgIpc) is 2.92. The highest BCUT2D eigenvalue weighted by molar-refractivity contribution is 6.05. The van der Waals surface area contributed by atoms with Gasteiger partial charge in [0.1, 0.15) is 12.4 Å². The van der Waals surface area contributed by atoms with E-state index in [9.17, 15) is 9.90 Å². The maximum Gasteiger partial charge on any atom is 0.236 e. The smallest absolute Gasteiger partial charge is 0.236 e. The van der Waals surface area contributed by atoms with Crippen molar-refractivity contribution in [3.05, 3.63) is 143 Å². The quantitative estimate of drug-likeness (QED) is 0.217. The van der Waals surface area contributed by atoms with Crippen LogP contribution in [0.4, 0.5) is 5.69 Å². The molecule has 4 heteroatoms. The van der Waals surface area contributed by atoms with Crippen molar-refractivity contribution in [1.29, 1.82) is 0 Å². The fourth-order valence-corrected chi connectivity index (χ4v) is 4.85. The first kappa shape index (κ1) is 24.5. The highest BCUT2D eigenvalue weighted by Gasteiger charge is 2.47. The summed E-state index contributed by atoms with van der Waals surface area (Å²) >= 11 is 0. The number of benzene rings is 4. The molecule has 0 bridgehead atoms. The Labute approximate surface area is 218 Å². The number of rotatable bonds is 8. The summed E-state index contributed by atoms with van der Waals surface area (Å²) in [4.78, 5) is 15.3. The lowest BCUT2D eigenvalue weighted by molar-refractivity contribution is -0.128. The Hall–Kier alpha value is -4.15. The van der Waals surface area contributed by atoms with Crippen LogP contribution < -0.4 is 9.64 Å². The molecule has 1 unspecified atom stereocenters. The van der Waals surface area contributed by atoms with Crippen molar-refractivity contribution in [1.82, 2.24) is 0 Å². The molecule has 1 saturated heterocycles. The lowest BCUT2D eigenvalue weighted by Crippen LogP contribution is -2.54. The number of anilines is 1. The lowest BCUT2D eigenvalue weighted by atomic mass is 9.80. The fourth-order valence-electron chi connectivity index (χ4n) is 4.85. The number of para-hydroxylation sites is 1. The summed E-state index contributed by atoms with van der Waals surface area (Å²) < 4.78 is 5.97. The Morgan fingerprint density at radius 2 is 1.62 bits per heavy atom. The van der Waals surface area contributed by atoms with Gasteiger partial charge in [-0.15, -0.1) is 0 Å². The van der Waals surface area contributed by atoms with Gasteiger partial charge >= 0.3 is 0 Å². The van der Waals surface area contributed by atoms with Crippen LogP contribution in [0.2, 0.25) is 0 Å². The van der Waals surface area contributed by atoms with E-state index in [4.69, 9.17) is 4.74 Å². The molecule has 1 aliphatic heterocycles.